The number of halogens is 3. The van der Waals surface area contributed by atoms with E-state index in [1.54, 1.807) is 42.2 Å². The molecule has 1 aliphatic rings. The third-order valence-corrected chi connectivity index (χ3v) is 5.45. The normalized spacial score (nSPS) is 16.9. The molecule has 1 N–H and O–H groups in total. The largest absolute Gasteiger partial charge is 0.464 e. The van der Waals surface area contributed by atoms with Crippen molar-refractivity contribution in [3.8, 4) is 11.1 Å². The van der Waals surface area contributed by atoms with Crippen molar-refractivity contribution in [2.45, 2.75) is 31.5 Å². The minimum absolute atomic E-state index is 0.145. The van der Waals surface area contributed by atoms with Crippen LogP contribution in [0.25, 0.3) is 22.1 Å². The number of hydrogen-bond acceptors (Lipinski definition) is 3. The second-order valence-corrected chi connectivity index (χ2v) is 7.73. The molecule has 0 radical (unpaired) electrons. The Morgan fingerprint density at radius 1 is 1.07 bits per heavy atom. The van der Waals surface area contributed by atoms with Crippen LogP contribution in [0.2, 0.25) is 0 Å². The van der Waals surface area contributed by atoms with Gasteiger partial charge >= 0.3 is 6.18 Å². The lowest BCUT2D eigenvalue weighted by molar-refractivity contribution is -0.136. The summed E-state index contributed by atoms with van der Waals surface area (Å²) in [6.07, 6.45) is -2.26. The van der Waals surface area contributed by atoms with Crippen LogP contribution in [0.5, 0.6) is 0 Å². The molecule has 7 heteroatoms. The highest BCUT2D eigenvalue weighted by molar-refractivity contribution is 5.95. The van der Waals surface area contributed by atoms with Crippen molar-refractivity contribution in [2.24, 2.45) is 0 Å². The van der Waals surface area contributed by atoms with Crippen LogP contribution in [0.15, 0.2) is 53.1 Å². The molecule has 2 aromatic carbocycles. The number of piperidine rings is 1. The lowest BCUT2D eigenvalue weighted by Gasteiger charge is -2.35. The molecule has 1 saturated heterocycles. The summed E-state index contributed by atoms with van der Waals surface area (Å²) >= 11 is 0. The summed E-state index contributed by atoms with van der Waals surface area (Å²) in [5.41, 5.74) is -0.306. The van der Waals surface area contributed by atoms with Gasteiger partial charge < -0.3 is 14.4 Å². The van der Waals surface area contributed by atoms with Crippen LogP contribution in [0.4, 0.5) is 13.2 Å². The zero-order chi connectivity index (χ0) is 20.8. The molecule has 152 valence electrons. The summed E-state index contributed by atoms with van der Waals surface area (Å²) < 4.78 is 45.2. The van der Waals surface area contributed by atoms with E-state index in [1.165, 1.54) is 12.3 Å². The zero-order valence-corrected chi connectivity index (χ0v) is 15.8. The number of benzene rings is 2. The molecule has 1 aromatic heterocycles. The first-order chi connectivity index (χ1) is 13.6. The van der Waals surface area contributed by atoms with Crippen molar-refractivity contribution >= 4 is 16.9 Å². The molecular formula is C22H20F3NO3. The first kappa shape index (κ1) is 19.5. The van der Waals surface area contributed by atoms with Gasteiger partial charge in [0, 0.05) is 24.0 Å². The molecule has 1 amide bonds. The van der Waals surface area contributed by atoms with Gasteiger partial charge in [-0.1, -0.05) is 12.1 Å². The number of carbonyl (C=O) groups excluding carboxylic acids is 1. The second kappa shape index (κ2) is 6.91. The average Bonchev–Trinajstić information content (AvgIpc) is 3.14. The summed E-state index contributed by atoms with van der Waals surface area (Å²) in [6.45, 7) is 2.70. The van der Waals surface area contributed by atoms with E-state index in [2.05, 4.69) is 0 Å². The van der Waals surface area contributed by atoms with E-state index in [1.807, 2.05) is 0 Å². The van der Waals surface area contributed by atoms with Gasteiger partial charge in [0.05, 0.1) is 17.4 Å². The van der Waals surface area contributed by atoms with E-state index in [0.717, 1.165) is 6.07 Å². The van der Waals surface area contributed by atoms with E-state index in [4.69, 9.17) is 4.42 Å². The van der Waals surface area contributed by atoms with Crippen LogP contribution in [0.3, 0.4) is 0 Å². The van der Waals surface area contributed by atoms with Gasteiger partial charge in [-0.05, 0) is 61.2 Å². The van der Waals surface area contributed by atoms with Crippen LogP contribution < -0.4 is 0 Å². The van der Waals surface area contributed by atoms with Crippen molar-refractivity contribution in [3.63, 3.8) is 0 Å². The van der Waals surface area contributed by atoms with Crippen LogP contribution in [-0.2, 0) is 6.18 Å². The Balaban J connectivity index is 1.61. The maximum absolute atomic E-state index is 13.4. The lowest BCUT2D eigenvalue weighted by Crippen LogP contribution is -2.45. The van der Waals surface area contributed by atoms with Crippen molar-refractivity contribution < 1.29 is 27.5 Å². The minimum Gasteiger partial charge on any atom is -0.464 e. The summed E-state index contributed by atoms with van der Waals surface area (Å²) in [5.74, 6) is -0.145. The number of rotatable bonds is 2. The van der Waals surface area contributed by atoms with Crippen molar-refractivity contribution in [1.29, 1.82) is 0 Å². The summed E-state index contributed by atoms with van der Waals surface area (Å²) in [4.78, 5) is 14.4. The Kier molecular flexibility index (Phi) is 4.65. The number of carbonyl (C=O) groups is 1. The second-order valence-electron chi connectivity index (χ2n) is 7.73. The Morgan fingerprint density at radius 3 is 2.34 bits per heavy atom. The van der Waals surface area contributed by atoms with Crippen LogP contribution in [0.1, 0.15) is 35.7 Å². The average molecular weight is 403 g/mol. The third kappa shape index (κ3) is 3.87. The Bertz CT molecular complexity index is 1040. The number of alkyl halides is 3. The first-order valence-corrected chi connectivity index (χ1v) is 9.35. The molecule has 0 spiro atoms. The third-order valence-electron chi connectivity index (χ3n) is 5.45. The monoisotopic (exact) mass is 403 g/mol. The van der Waals surface area contributed by atoms with Gasteiger partial charge in [0.15, 0.2) is 0 Å². The molecule has 0 saturated carbocycles. The van der Waals surface area contributed by atoms with Crippen molar-refractivity contribution in [3.05, 3.63) is 59.9 Å². The standard InChI is InChI=1S/C22H20F3NO3/c1-21(28)7-9-26(10-8-21)20(27)15-4-2-14(3-5-15)17-12-16-6-11-29-19(16)18(13-17)22(23,24)25/h2-6,11-13,28H,7-10H2,1H3. The molecule has 4 rings (SSSR count). The van der Waals surface area contributed by atoms with E-state index >= 15 is 0 Å². The van der Waals surface area contributed by atoms with Gasteiger partial charge in [-0.3, -0.25) is 4.79 Å². The fourth-order valence-corrected chi connectivity index (χ4v) is 3.64. The molecule has 1 aliphatic heterocycles. The minimum atomic E-state index is -4.53. The number of fused-ring (bicyclic) bond motifs is 1. The fourth-order valence-electron chi connectivity index (χ4n) is 3.64. The summed E-state index contributed by atoms with van der Waals surface area (Å²) in [6, 6.07) is 10.7. The van der Waals surface area contributed by atoms with Gasteiger partial charge in [0.25, 0.3) is 5.91 Å². The quantitative estimate of drug-likeness (QED) is 0.647. The van der Waals surface area contributed by atoms with E-state index < -0.39 is 17.3 Å². The number of aliphatic hydroxyl groups is 1. The van der Waals surface area contributed by atoms with E-state index in [9.17, 15) is 23.1 Å². The van der Waals surface area contributed by atoms with Gasteiger partial charge in [0.2, 0.25) is 0 Å². The number of likely N-dealkylation sites (tertiary alicyclic amines) is 1. The molecule has 3 aromatic rings. The molecular weight excluding hydrogens is 383 g/mol. The summed E-state index contributed by atoms with van der Waals surface area (Å²) in [5, 5.41) is 10.4. The van der Waals surface area contributed by atoms with Gasteiger partial charge in [0.1, 0.15) is 5.58 Å². The summed E-state index contributed by atoms with van der Waals surface area (Å²) in [7, 11) is 0. The predicted octanol–water partition coefficient (Wildman–Crippen LogP) is 5.11. The SMILES string of the molecule is CC1(O)CCN(C(=O)c2ccc(-c3cc(C(F)(F)F)c4occc4c3)cc2)CC1. The fraction of sp³-hybridized carbons (Fsp3) is 0.318. The van der Waals surface area contributed by atoms with Gasteiger partial charge in [-0.15, -0.1) is 0 Å². The molecule has 0 atom stereocenters. The Labute approximate surface area is 165 Å². The highest BCUT2D eigenvalue weighted by atomic mass is 19.4. The van der Waals surface area contributed by atoms with Crippen molar-refractivity contribution in [1.82, 2.24) is 4.90 Å². The number of nitrogens with zero attached hydrogens (tertiary/aromatic N) is 1. The van der Waals surface area contributed by atoms with Crippen molar-refractivity contribution in [2.75, 3.05) is 13.1 Å². The van der Waals surface area contributed by atoms with E-state index in [-0.39, 0.29) is 11.5 Å². The van der Waals surface area contributed by atoms with Crippen LogP contribution in [0, 0.1) is 0 Å². The van der Waals surface area contributed by atoms with E-state index in [0.29, 0.717) is 48.0 Å². The smallest absolute Gasteiger partial charge is 0.420 e. The topological polar surface area (TPSA) is 53.7 Å². The zero-order valence-electron chi connectivity index (χ0n) is 15.8. The highest BCUT2D eigenvalue weighted by Crippen LogP contribution is 2.38. The molecule has 29 heavy (non-hydrogen) atoms. The molecule has 2 heterocycles. The first-order valence-electron chi connectivity index (χ1n) is 9.35. The predicted molar refractivity (Wildman–Crippen MR) is 102 cm³/mol. The lowest BCUT2D eigenvalue weighted by atomic mass is 9.93. The van der Waals surface area contributed by atoms with Crippen LogP contribution >= 0.6 is 0 Å². The maximum Gasteiger partial charge on any atom is 0.420 e. The number of furan rings is 1. The number of hydrogen-bond donors (Lipinski definition) is 1. The maximum atomic E-state index is 13.4. The Morgan fingerprint density at radius 2 is 1.72 bits per heavy atom. The molecule has 4 nitrogen and oxygen atoms in total. The molecule has 0 bridgehead atoms. The molecule has 0 aliphatic carbocycles. The Hall–Kier alpha value is -2.80. The molecule has 0 unspecified atom stereocenters. The van der Waals surface area contributed by atoms with Gasteiger partial charge in [-0.25, -0.2) is 0 Å². The molecule has 1 fully saturated rings. The van der Waals surface area contributed by atoms with Crippen LogP contribution in [-0.4, -0.2) is 34.6 Å². The highest BCUT2D eigenvalue weighted by Gasteiger charge is 2.35. The number of amides is 1. The van der Waals surface area contributed by atoms with Gasteiger partial charge in [-0.2, -0.15) is 13.2 Å².